The fourth-order valence-electron chi connectivity index (χ4n) is 1.40. The predicted molar refractivity (Wildman–Crippen MR) is 78.3 cm³/mol. The molecule has 0 fully saturated rings. The molecule has 5 nitrogen and oxygen atoms in total. The van der Waals surface area contributed by atoms with E-state index in [1.807, 2.05) is 6.92 Å². The zero-order chi connectivity index (χ0) is 14.6. The molecule has 0 aliphatic rings. The molecule has 1 aromatic heterocycles. The number of carboxylic acid groups (broad SMARTS) is 1. The van der Waals surface area contributed by atoms with Crippen LogP contribution in [0.3, 0.4) is 0 Å². The van der Waals surface area contributed by atoms with E-state index >= 15 is 0 Å². The van der Waals surface area contributed by atoms with Crippen molar-refractivity contribution < 1.29 is 18.3 Å². The molecule has 108 valence electrons. The van der Waals surface area contributed by atoms with Gasteiger partial charge in [-0.25, -0.2) is 8.42 Å². The van der Waals surface area contributed by atoms with Crippen molar-refractivity contribution in [2.75, 3.05) is 0 Å². The summed E-state index contributed by atoms with van der Waals surface area (Å²) in [5, 5.41) is 9.02. The van der Waals surface area contributed by atoms with Gasteiger partial charge in [0.05, 0.1) is 3.79 Å². The third-order valence-electron chi connectivity index (χ3n) is 2.36. The SMILES string of the molecule is CCCCC(NS(=O)(=O)c1cc(Br)sc1Cl)C(=O)O. The number of nitrogens with one attached hydrogen (secondary N) is 1. The van der Waals surface area contributed by atoms with Crippen LogP contribution in [-0.2, 0) is 14.8 Å². The lowest BCUT2D eigenvalue weighted by atomic mass is 10.1. The van der Waals surface area contributed by atoms with E-state index in [1.165, 1.54) is 6.07 Å². The van der Waals surface area contributed by atoms with Crippen LogP contribution in [-0.4, -0.2) is 25.5 Å². The number of hydrogen-bond acceptors (Lipinski definition) is 4. The van der Waals surface area contributed by atoms with Crippen LogP contribution >= 0.6 is 38.9 Å². The quantitative estimate of drug-likeness (QED) is 0.749. The van der Waals surface area contributed by atoms with E-state index in [9.17, 15) is 13.2 Å². The Kier molecular flexibility index (Phi) is 6.25. The number of unbranched alkanes of at least 4 members (excludes halogenated alkanes) is 1. The van der Waals surface area contributed by atoms with Crippen LogP contribution in [0.2, 0.25) is 4.34 Å². The number of aliphatic carboxylic acids is 1. The highest BCUT2D eigenvalue weighted by Crippen LogP contribution is 2.34. The summed E-state index contributed by atoms with van der Waals surface area (Å²) >= 11 is 10.0. The highest BCUT2D eigenvalue weighted by molar-refractivity contribution is 9.11. The molecule has 0 aliphatic heterocycles. The zero-order valence-electron chi connectivity index (χ0n) is 10.0. The van der Waals surface area contributed by atoms with Crippen molar-refractivity contribution >= 4 is 54.9 Å². The number of carboxylic acids is 1. The summed E-state index contributed by atoms with van der Waals surface area (Å²) in [5.41, 5.74) is 0. The lowest BCUT2D eigenvalue weighted by Gasteiger charge is -2.13. The highest BCUT2D eigenvalue weighted by Gasteiger charge is 2.27. The van der Waals surface area contributed by atoms with Crippen LogP contribution in [0.1, 0.15) is 26.2 Å². The minimum atomic E-state index is -3.93. The summed E-state index contributed by atoms with van der Waals surface area (Å²) in [4.78, 5) is 10.9. The second-order valence-corrected chi connectivity index (χ2v) is 8.56. The summed E-state index contributed by atoms with van der Waals surface area (Å²) in [7, 11) is -3.93. The van der Waals surface area contributed by atoms with Crippen molar-refractivity contribution in [2.45, 2.75) is 37.1 Å². The largest absolute Gasteiger partial charge is 0.480 e. The topological polar surface area (TPSA) is 83.5 Å². The van der Waals surface area contributed by atoms with E-state index in [4.69, 9.17) is 16.7 Å². The molecule has 0 saturated carbocycles. The molecule has 1 atom stereocenters. The van der Waals surface area contributed by atoms with Gasteiger partial charge in [-0.2, -0.15) is 4.72 Å². The van der Waals surface area contributed by atoms with Crippen LogP contribution in [0, 0.1) is 0 Å². The summed E-state index contributed by atoms with van der Waals surface area (Å²) in [6, 6.07) is 0.216. The van der Waals surface area contributed by atoms with Crippen LogP contribution in [0.15, 0.2) is 14.7 Å². The number of halogens is 2. The Hall–Kier alpha value is -0.150. The third kappa shape index (κ3) is 4.71. The molecule has 2 N–H and O–H groups in total. The Labute approximate surface area is 129 Å². The van der Waals surface area contributed by atoms with Gasteiger partial charge >= 0.3 is 5.97 Å². The molecule has 19 heavy (non-hydrogen) atoms. The molecule has 1 heterocycles. The number of thiophene rings is 1. The average Bonchev–Trinajstić information content (AvgIpc) is 2.64. The zero-order valence-corrected chi connectivity index (χ0v) is 14.0. The minimum Gasteiger partial charge on any atom is -0.480 e. The Morgan fingerprint density at radius 2 is 2.26 bits per heavy atom. The molecular formula is C10H13BrClNO4S2. The maximum absolute atomic E-state index is 12.1. The average molecular weight is 391 g/mol. The second kappa shape index (κ2) is 7.03. The monoisotopic (exact) mass is 389 g/mol. The van der Waals surface area contributed by atoms with Crippen molar-refractivity contribution in [3.8, 4) is 0 Å². The van der Waals surface area contributed by atoms with Gasteiger partial charge in [0, 0.05) is 0 Å². The number of rotatable bonds is 7. The molecule has 0 aromatic carbocycles. The molecule has 0 saturated heterocycles. The van der Waals surface area contributed by atoms with Gasteiger partial charge in [0.2, 0.25) is 10.0 Å². The van der Waals surface area contributed by atoms with Gasteiger partial charge in [-0.3, -0.25) is 4.79 Å². The fourth-order valence-corrected chi connectivity index (χ4v) is 5.40. The van der Waals surface area contributed by atoms with E-state index in [0.717, 1.165) is 17.8 Å². The normalized spacial score (nSPS) is 13.4. The van der Waals surface area contributed by atoms with Gasteiger partial charge in [0.1, 0.15) is 15.3 Å². The first-order chi connectivity index (χ1) is 8.77. The van der Waals surface area contributed by atoms with Crippen LogP contribution in [0.4, 0.5) is 0 Å². The summed E-state index contributed by atoms with van der Waals surface area (Å²) in [5.74, 6) is -1.19. The number of carbonyl (C=O) groups is 1. The first kappa shape index (κ1) is 16.9. The van der Waals surface area contributed by atoms with E-state index in [1.54, 1.807) is 0 Å². The predicted octanol–water partition coefficient (Wildman–Crippen LogP) is 3.09. The minimum absolute atomic E-state index is 0.0963. The van der Waals surface area contributed by atoms with Gasteiger partial charge in [-0.1, -0.05) is 31.4 Å². The number of sulfonamides is 1. The Morgan fingerprint density at radius 1 is 1.63 bits per heavy atom. The Bertz CT molecular complexity index is 558. The van der Waals surface area contributed by atoms with E-state index in [0.29, 0.717) is 10.2 Å². The molecule has 9 heteroatoms. The molecule has 0 radical (unpaired) electrons. The lowest BCUT2D eigenvalue weighted by Crippen LogP contribution is -2.40. The van der Waals surface area contributed by atoms with E-state index in [-0.39, 0.29) is 15.7 Å². The van der Waals surface area contributed by atoms with Crippen molar-refractivity contribution in [3.63, 3.8) is 0 Å². The Morgan fingerprint density at radius 3 is 2.68 bits per heavy atom. The highest BCUT2D eigenvalue weighted by atomic mass is 79.9. The second-order valence-electron chi connectivity index (χ2n) is 3.84. The number of hydrogen-bond donors (Lipinski definition) is 2. The smallest absolute Gasteiger partial charge is 0.321 e. The van der Waals surface area contributed by atoms with Crippen LogP contribution in [0.5, 0.6) is 0 Å². The van der Waals surface area contributed by atoms with Gasteiger partial charge in [0.15, 0.2) is 0 Å². The van der Waals surface area contributed by atoms with Crippen molar-refractivity contribution in [3.05, 3.63) is 14.2 Å². The van der Waals surface area contributed by atoms with Gasteiger partial charge in [-0.15, -0.1) is 11.3 Å². The maximum Gasteiger partial charge on any atom is 0.321 e. The molecule has 1 rings (SSSR count). The summed E-state index contributed by atoms with van der Waals surface area (Å²) in [6.07, 6.45) is 1.66. The van der Waals surface area contributed by atoms with Crippen molar-refractivity contribution in [2.24, 2.45) is 0 Å². The summed E-state index contributed by atoms with van der Waals surface area (Å²) in [6.45, 7) is 1.90. The molecule has 1 aromatic rings. The molecule has 0 amide bonds. The first-order valence-corrected chi connectivity index (χ1v) is 8.95. The summed E-state index contributed by atoms with van der Waals surface area (Å²) < 4.78 is 27.0. The van der Waals surface area contributed by atoms with Gasteiger partial charge in [0.25, 0.3) is 0 Å². The van der Waals surface area contributed by atoms with E-state index in [2.05, 4.69) is 20.7 Å². The Balaban J connectivity index is 2.94. The molecular weight excluding hydrogens is 378 g/mol. The van der Waals surface area contributed by atoms with Crippen LogP contribution in [0.25, 0.3) is 0 Å². The molecule has 0 aliphatic carbocycles. The van der Waals surface area contributed by atoms with Gasteiger partial charge in [-0.05, 0) is 28.4 Å². The molecule has 0 spiro atoms. The third-order valence-corrected chi connectivity index (χ3v) is 5.96. The standard InChI is InChI=1S/C10H13BrClNO4S2/c1-2-3-4-6(10(14)15)13-19(16,17)7-5-8(11)18-9(7)12/h5-6,13H,2-4H2,1H3,(H,14,15). The van der Waals surface area contributed by atoms with Crippen LogP contribution < -0.4 is 4.72 Å². The van der Waals surface area contributed by atoms with E-state index < -0.39 is 22.0 Å². The fraction of sp³-hybridized carbons (Fsp3) is 0.500. The van der Waals surface area contributed by atoms with Gasteiger partial charge < -0.3 is 5.11 Å². The van der Waals surface area contributed by atoms with Crippen molar-refractivity contribution in [1.29, 1.82) is 0 Å². The molecule has 1 unspecified atom stereocenters. The lowest BCUT2D eigenvalue weighted by molar-refractivity contribution is -0.139. The maximum atomic E-state index is 12.1. The van der Waals surface area contributed by atoms with Crippen molar-refractivity contribution in [1.82, 2.24) is 4.72 Å². The first-order valence-electron chi connectivity index (χ1n) is 5.48. The molecule has 0 bridgehead atoms.